The Kier molecular flexibility index (Phi) is 10.1. The number of fused-ring (bicyclic) bond motifs is 1. The van der Waals surface area contributed by atoms with Gasteiger partial charge in [0.25, 0.3) is 0 Å². The monoisotopic (exact) mass is 363 g/mol. The maximum atomic E-state index is 5.79. The standard InChI is InChI=1S/C20H29NO5/c1-3-6-23-7-8-24-9-10-25-11-12-26-16-18-15-21-14-17-4-5-19(22-2)13-20(17)18/h1,4-5,13,18,21H,6-12,14-16H2,2H3. The van der Waals surface area contributed by atoms with Crippen molar-refractivity contribution in [1.82, 2.24) is 5.32 Å². The fraction of sp³-hybridized carbons (Fsp3) is 0.600. The minimum Gasteiger partial charge on any atom is -0.497 e. The summed E-state index contributed by atoms with van der Waals surface area (Å²) in [6.45, 7) is 6.05. The molecular formula is C20H29NO5. The van der Waals surface area contributed by atoms with Crippen molar-refractivity contribution in [3.8, 4) is 18.1 Å². The quantitative estimate of drug-likeness (QED) is 0.424. The lowest BCUT2D eigenvalue weighted by molar-refractivity contribution is -0.000581. The van der Waals surface area contributed by atoms with E-state index in [0.29, 0.717) is 58.8 Å². The molecule has 0 spiro atoms. The molecule has 0 bridgehead atoms. The van der Waals surface area contributed by atoms with Crippen molar-refractivity contribution in [3.05, 3.63) is 29.3 Å². The molecule has 6 nitrogen and oxygen atoms in total. The molecule has 2 rings (SSSR count). The lowest BCUT2D eigenvalue weighted by Crippen LogP contribution is -2.31. The van der Waals surface area contributed by atoms with E-state index in [1.807, 2.05) is 6.07 Å². The van der Waals surface area contributed by atoms with Crippen LogP contribution in [0.5, 0.6) is 5.75 Å². The third kappa shape index (κ3) is 7.32. The van der Waals surface area contributed by atoms with Crippen LogP contribution in [-0.4, -0.2) is 66.5 Å². The van der Waals surface area contributed by atoms with Crippen LogP contribution in [0.1, 0.15) is 17.0 Å². The van der Waals surface area contributed by atoms with Crippen molar-refractivity contribution in [2.75, 3.05) is 66.5 Å². The van der Waals surface area contributed by atoms with E-state index >= 15 is 0 Å². The number of hydrogen-bond acceptors (Lipinski definition) is 6. The Hall–Kier alpha value is -1.62. The van der Waals surface area contributed by atoms with Crippen molar-refractivity contribution >= 4 is 0 Å². The van der Waals surface area contributed by atoms with Gasteiger partial charge in [-0.25, -0.2) is 0 Å². The number of benzene rings is 1. The Balaban J connectivity index is 1.53. The Labute approximate surface area is 156 Å². The molecule has 1 aliphatic rings. The van der Waals surface area contributed by atoms with Crippen LogP contribution in [0.2, 0.25) is 0 Å². The summed E-state index contributed by atoms with van der Waals surface area (Å²) in [5.41, 5.74) is 2.62. The van der Waals surface area contributed by atoms with E-state index in [-0.39, 0.29) is 0 Å². The van der Waals surface area contributed by atoms with Gasteiger partial charge in [0.15, 0.2) is 0 Å². The maximum absolute atomic E-state index is 5.79. The highest BCUT2D eigenvalue weighted by Gasteiger charge is 2.20. The molecule has 1 aromatic carbocycles. The summed E-state index contributed by atoms with van der Waals surface area (Å²) in [4.78, 5) is 0. The normalized spacial score (nSPS) is 16.1. The molecule has 0 fully saturated rings. The van der Waals surface area contributed by atoms with Crippen LogP contribution in [0, 0.1) is 12.3 Å². The minimum atomic E-state index is 0.324. The zero-order chi connectivity index (χ0) is 18.5. The van der Waals surface area contributed by atoms with Gasteiger partial charge in [-0.15, -0.1) is 6.42 Å². The van der Waals surface area contributed by atoms with Gasteiger partial charge in [-0.3, -0.25) is 0 Å². The predicted octanol–water partition coefficient (Wildman–Crippen LogP) is 1.58. The Morgan fingerprint density at radius 3 is 2.42 bits per heavy atom. The fourth-order valence-electron chi connectivity index (χ4n) is 2.80. The number of rotatable bonds is 13. The Bertz CT molecular complexity index is 558. The lowest BCUT2D eigenvalue weighted by Gasteiger charge is -2.26. The summed E-state index contributed by atoms with van der Waals surface area (Å²) in [5.74, 6) is 3.63. The molecule has 0 aliphatic carbocycles. The van der Waals surface area contributed by atoms with Crippen LogP contribution >= 0.6 is 0 Å². The summed E-state index contributed by atoms with van der Waals surface area (Å²) in [6, 6.07) is 6.24. The van der Waals surface area contributed by atoms with Gasteiger partial charge in [-0.05, 0) is 23.3 Å². The third-order valence-electron chi connectivity index (χ3n) is 4.12. The summed E-state index contributed by atoms with van der Waals surface area (Å²) >= 11 is 0. The zero-order valence-corrected chi connectivity index (χ0v) is 15.5. The average molecular weight is 363 g/mol. The summed E-state index contributed by atoms with van der Waals surface area (Å²) in [5, 5.41) is 3.43. The van der Waals surface area contributed by atoms with E-state index in [0.717, 1.165) is 18.8 Å². The topological polar surface area (TPSA) is 58.2 Å². The molecule has 6 heteroatoms. The molecule has 1 heterocycles. The highest BCUT2D eigenvalue weighted by atomic mass is 16.6. The predicted molar refractivity (Wildman–Crippen MR) is 99.6 cm³/mol. The third-order valence-corrected chi connectivity index (χ3v) is 4.12. The number of hydrogen-bond donors (Lipinski definition) is 1. The van der Waals surface area contributed by atoms with Gasteiger partial charge >= 0.3 is 0 Å². The van der Waals surface area contributed by atoms with E-state index in [1.165, 1.54) is 11.1 Å². The molecule has 0 aromatic heterocycles. The second-order valence-corrected chi connectivity index (χ2v) is 5.95. The first kappa shape index (κ1) is 20.7. The number of ether oxygens (including phenoxy) is 5. The fourth-order valence-corrected chi connectivity index (χ4v) is 2.80. The highest BCUT2D eigenvalue weighted by Crippen LogP contribution is 2.28. The van der Waals surface area contributed by atoms with Crippen molar-refractivity contribution in [1.29, 1.82) is 0 Å². The highest BCUT2D eigenvalue weighted by molar-refractivity contribution is 5.39. The number of terminal acetylenes is 1. The molecular weight excluding hydrogens is 334 g/mol. The van der Waals surface area contributed by atoms with E-state index in [9.17, 15) is 0 Å². The molecule has 0 amide bonds. The molecule has 1 N–H and O–H groups in total. The first-order valence-electron chi connectivity index (χ1n) is 8.97. The van der Waals surface area contributed by atoms with Gasteiger partial charge in [0.2, 0.25) is 0 Å². The maximum Gasteiger partial charge on any atom is 0.119 e. The van der Waals surface area contributed by atoms with Crippen molar-refractivity contribution in [2.24, 2.45) is 0 Å². The molecule has 1 aliphatic heterocycles. The molecule has 1 unspecified atom stereocenters. The van der Waals surface area contributed by atoms with Crippen molar-refractivity contribution in [3.63, 3.8) is 0 Å². The van der Waals surface area contributed by atoms with Gasteiger partial charge in [0.05, 0.1) is 53.4 Å². The SMILES string of the molecule is C#CCOCCOCCOCCOCC1CNCc2ccc(OC)cc21. The molecule has 26 heavy (non-hydrogen) atoms. The minimum absolute atomic E-state index is 0.324. The molecule has 144 valence electrons. The van der Waals surface area contributed by atoms with Crippen LogP contribution in [0.3, 0.4) is 0 Å². The van der Waals surface area contributed by atoms with E-state index in [2.05, 4.69) is 23.4 Å². The number of nitrogens with one attached hydrogen (secondary N) is 1. The zero-order valence-electron chi connectivity index (χ0n) is 15.5. The van der Waals surface area contributed by atoms with Crippen LogP contribution in [0.4, 0.5) is 0 Å². The average Bonchev–Trinajstić information content (AvgIpc) is 2.68. The van der Waals surface area contributed by atoms with Crippen LogP contribution in [-0.2, 0) is 25.5 Å². The van der Waals surface area contributed by atoms with Gasteiger partial charge in [-0.1, -0.05) is 12.0 Å². The Morgan fingerprint density at radius 2 is 1.73 bits per heavy atom. The molecule has 1 atom stereocenters. The lowest BCUT2D eigenvalue weighted by atomic mass is 9.91. The largest absolute Gasteiger partial charge is 0.497 e. The molecule has 0 radical (unpaired) electrons. The van der Waals surface area contributed by atoms with Gasteiger partial charge < -0.3 is 29.0 Å². The summed E-state index contributed by atoms with van der Waals surface area (Å²) in [6.07, 6.45) is 5.08. The van der Waals surface area contributed by atoms with Crippen LogP contribution in [0.25, 0.3) is 0 Å². The summed E-state index contributed by atoms with van der Waals surface area (Å²) in [7, 11) is 1.69. The first-order valence-corrected chi connectivity index (χ1v) is 8.97. The second kappa shape index (κ2) is 12.7. The molecule has 0 saturated carbocycles. The smallest absolute Gasteiger partial charge is 0.119 e. The van der Waals surface area contributed by atoms with Gasteiger partial charge in [-0.2, -0.15) is 0 Å². The first-order chi connectivity index (χ1) is 12.8. The van der Waals surface area contributed by atoms with E-state index in [1.54, 1.807) is 7.11 Å². The van der Waals surface area contributed by atoms with Gasteiger partial charge in [0, 0.05) is 19.0 Å². The van der Waals surface area contributed by atoms with Gasteiger partial charge in [0.1, 0.15) is 12.4 Å². The Morgan fingerprint density at radius 1 is 1.04 bits per heavy atom. The van der Waals surface area contributed by atoms with E-state index in [4.69, 9.17) is 30.1 Å². The molecule has 1 aromatic rings. The molecule has 0 saturated heterocycles. The van der Waals surface area contributed by atoms with Crippen molar-refractivity contribution in [2.45, 2.75) is 12.5 Å². The number of methoxy groups -OCH3 is 1. The summed E-state index contributed by atoms with van der Waals surface area (Å²) < 4.78 is 27.1. The van der Waals surface area contributed by atoms with E-state index < -0.39 is 0 Å². The second-order valence-electron chi connectivity index (χ2n) is 5.95. The van der Waals surface area contributed by atoms with Crippen LogP contribution in [0.15, 0.2) is 18.2 Å². The van der Waals surface area contributed by atoms with Crippen molar-refractivity contribution < 1.29 is 23.7 Å². The van der Waals surface area contributed by atoms with Crippen LogP contribution < -0.4 is 10.1 Å².